The van der Waals surface area contributed by atoms with Crippen molar-refractivity contribution < 1.29 is 25.0 Å². The molecule has 0 aliphatic rings. The van der Waals surface area contributed by atoms with Gasteiger partial charge in [-0.15, -0.1) is 0 Å². The van der Waals surface area contributed by atoms with Crippen molar-refractivity contribution in [3.8, 4) is 5.75 Å². The van der Waals surface area contributed by atoms with Gasteiger partial charge in [0.25, 0.3) is 5.91 Å². The van der Waals surface area contributed by atoms with Crippen molar-refractivity contribution in [1.29, 1.82) is 0 Å². The number of hydrogen-bond donors (Lipinski definition) is 4. The number of benzene rings is 1. The Morgan fingerprint density at radius 3 is 2.50 bits per heavy atom. The van der Waals surface area contributed by atoms with Gasteiger partial charge in [0, 0.05) is 13.2 Å². The normalized spacial score (nSPS) is 14.4. The Labute approximate surface area is 104 Å². The number of aliphatic hydroxyl groups is 1. The summed E-state index contributed by atoms with van der Waals surface area (Å²) in [7, 11) is 1.38. The molecule has 1 aromatic rings. The fourth-order valence-electron chi connectivity index (χ4n) is 1.39. The second-order valence-electron chi connectivity index (χ2n) is 3.57. The first-order valence-corrected chi connectivity index (χ1v) is 5.20. The number of phenols is 1. The van der Waals surface area contributed by atoms with Crippen LogP contribution in [0.2, 0.25) is 0 Å². The van der Waals surface area contributed by atoms with Gasteiger partial charge in [0.1, 0.15) is 18.0 Å². The Kier molecular flexibility index (Phi) is 5.31. The Bertz CT molecular complexity index is 415. The topological polar surface area (TPSA) is 99.0 Å². The SMILES string of the molecule is CO[C@@H](/C=C/C(=O)NO)[C@@H](O)c1ccc(O)cc1. The molecule has 6 nitrogen and oxygen atoms in total. The molecule has 98 valence electrons. The highest BCUT2D eigenvalue weighted by molar-refractivity contribution is 5.86. The van der Waals surface area contributed by atoms with Crippen LogP contribution in [0.15, 0.2) is 36.4 Å². The number of rotatable bonds is 5. The van der Waals surface area contributed by atoms with Crippen LogP contribution in [0.5, 0.6) is 5.75 Å². The van der Waals surface area contributed by atoms with Crippen LogP contribution in [0.1, 0.15) is 11.7 Å². The second kappa shape index (κ2) is 6.75. The highest BCUT2D eigenvalue weighted by Crippen LogP contribution is 2.21. The van der Waals surface area contributed by atoms with Crippen molar-refractivity contribution in [1.82, 2.24) is 5.48 Å². The third-order valence-electron chi connectivity index (χ3n) is 2.37. The zero-order valence-corrected chi connectivity index (χ0v) is 9.78. The van der Waals surface area contributed by atoms with Gasteiger partial charge in [-0.05, 0) is 23.8 Å². The van der Waals surface area contributed by atoms with Gasteiger partial charge in [-0.1, -0.05) is 12.1 Å². The lowest BCUT2D eigenvalue weighted by atomic mass is 10.0. The molecule has 0 heterocycles. The van der Waals surface area contributed by atoms with Gasteiger partial charge in [-0.2, -0.15) is 0 Å². The number of hydroxylamine groups is 1. The van der Waals surface area contributed by atoms with Gasteiger partial charge < -0.3 is 14.9 Å². The van der Waals surface area contributed by atoms with Crippen LogP contribution in [0.25, 0.3) is 0 Å². The lowest BCUT2D eigenvalue weighted by Gasteiger charge is -2.18. The predicted molar refractivity (Wildman–Crippen MR) is 62.9 cm³/mol. The average Bonchev–Trinajstić information content (AvgIpc) is 2.39. The van der Waals surface area contributed by atoms with E-state index in [2.05, 4.69) is 0 Å². The minimum absolute atomic E-state index is 0.0927. The summed E-state index contributed by atoms with van der Waals surface area (Å²) in [5.41, 5.74) is 1.97. The van der Waals surface area contributed by atoms with Crippen LogP contribution < -0.4 is 5.48 Å². The van der Waals surface area contributed by atoms with Gasteiger partial charge in [0.05, 0.1) is 0 Å². The Morgan fingerprint density at radius 2 is 2.00 bits per heavy atom. The smallest absolute Gasteiger partial charge is 0.267 e. The van der Waals surface area contributed by atoms with E-state index in [4.69, 9.17) is 15.1 Å². The average molecular weight is 253 g/mol. The molecule has 0 aromatic heterocycles. The quantitative estimate of drug-likeness (QED) is 0.348. The molecule has 0 fully saturated rings. The van der Waals surface area contributed by atoms with E-state index >= 15 is 0 Å². The lowest BCUT2D eigenvalue weighted by molar-refractivity contribution is -0.124. The van der Waals surface area contributed by atoms with Crippen LogP contribution in [0.4, 0.5) is 0 Å². The maximum absolute atomic E-state index is 10.8. The van der Waals surface area contributed by atoms with Crippen LogP contribution in [-0.4, -0.2) is 34.5 Å². The third-order valence-corrected chi connectivity index (χ3v) is 2.37. The molecular formula is C12H15NO5. The van der Waals surface area contributed by atoms with E-state index in [-0.39, 0.29) is 5.75 Å². The molecular weight excluding hydrogens is 238 g/mol. The van der Waals surface area contributed by atoms with Crippen molar-refractivity contribution in [2.45, 2.75) is 12.2 Å². The van der Waals surface area contributed by atoms with Crippen molar-refractivity contribution >= 4 is 5.91 Å². The largest absolute Gasteiger partial charge is 0.508 e. The van der Waals surface area contributed by atoms with Crippen LogP contribution in [0.3, 0.4) is 0 Å². The van der Waals surface area contributed by atoms with Gasteiger partial charge in [0.15, 0.2) is 0 Å². The number of aromatic hydroxyl groups is 1. The van der Waals surface area contributed by atoms with E-state index < -0.39 is 18.1 Å². The Morgan fingerprint density at radius 1 is 1.39 bits per heavy atom. The number of carbonyl (C=O) groups excluding carboxylic acids is 1. The first-order chi connectivity index (χ1) is 8.58. The predicted octanol–water partition coefficient (Wildman–Crippen LogP) is 0.502. The number of phenolic OH excluding ortho intramolecular Hbond substituents is 1. The molecule has 0 saturated heterocycles. The minimum Gasteiger partial charge on any atom is -0.508 e. The maximum Gasteiger partial charge on any atom is 0.267 e. The van der Waals surface area contributed by atoms with E-state index in [1.54, 1.807) is 12.1 Å². The van der Waals surface area contributed by atoms with Crippen LogP contribution in [-0.2, 0) is 9.53 Å². The van der Waals surface area contributed by atoms with E-state index in [1.165, 1.54) is 30.8 Å². The monoisotopic (exact) mass is 253 g/mol. The highest BCUT2D eigenvalue weighted by Gasteiger charge is 2.18. The fraction of sp³-hybridized carbons (Fsp3) is 0.250. The summed E-state index contributed by atoms with van der Waals surface area (Å²) in [5, 5.41) is 27.5. The zero-order chi connectivity index (χ0) is 13.5. The molecule has 0 aliphatic heterocycles. The van der Waals surface area contributed by atoms with E-state index in [0.717, 1.165) is 6.08 Å². The molecule has 1 aromatic carbocycles. The van der Waals surface area contributed by atoms with E-state index in [1.807, 2.05) is 0 Å². The summed E-state index contributed by atoms with van der Waals surface area (Å²) < 4.78 is 5.03. The Hall–Kier alpha value is -1.89. The second-order valence-corrected chi connectivity index (χ2v) is 3.57. The molecule has 0 unspecified atom stereocenters. The van der Waals surface area contributed by atoms with E-state index in [9.17, 15) is 9.90 Å². The number of carbonyl (C=O) groups is 1. The molecule has 2 atom stereocenters. The minimum atomic E-state index is -0.988. The van der Waals surface area contributed by atoms with Crippen molar-refractivity contribution in [2.24, 2.45) is 0 Å². The Balaban J connectivity index is 2.78. The summed E-state index contributed by atoms with van der Waals surface area (Å²) in [6, 6.07) is 5.97. The molecule has 6 heteroatoms. The number of aliphatic hydroxyl groups excluding tert-OH is 1. The van der Waals surface area contributed by atoms with Gasteiger partial charge in [-0.25, -0.2) is 5.48 Å². The molecule has 0 saturated carbocycles. The molecule has 1 amide bonds. The molecule has 0 aliphatic carbocycles. The lowest BCUT2D eigenvalue weighted by Crippen LogP contribution is -2.21. The number of hydrogen-bond acceptors (Lipinski definition) is 5. The molecule has 4 N–H and O–H groups in total. The number of nitrogens with one attached hydrogen (secondary N) is 1. The summed E-state index contributed by atoms with van der Waals surface area (Å²) in [6.45, 7) is 0. The third kappa shape index (κ3) is 3.85. The zero-order valence-electron chi connectivity index (χ0n) is 9.78. The standard InChI is InChI=1S/C12H15NO5/c1-18-10(6-7-11(15)13-17)12(16)8-2-4-9(14)5-3-8/h2-7,10,12,14,16-17H,1H3,(H,13,15)/b7-6+/t10-,12-/m0/s1. The summed E-state index contributed by atoms with van der Waals surface area (Å²) in [6.07, 6.45) is 0.645. The van der Waals surface area contributed by atoms with Crippen LogP contribution in [0, 0.1) is 0 Å². The van der Waals surface area contributed by atoms with Crippen molar-refractivity contribution in [2.75, 3.05) is 7.11 Å². The van der Waals surface area contributed by atoms with Gasteiger partial charge in [-0.3, -0.25) is 10.0 Å². The first-order valence-electron chi connectivity index (χ1n) is 5.20. The molecule has 18 heavy (non-hydrogen) atoms. The number of methoxy groups -OCH3 is 1. The highest BCUT2D eigenvalue weighted by atomic mass is 16.5. The van der Waals surface area contributed by atoms with Crippen molar-refractivity contribution in [3.63, 3.8) is 0 Å². The molecule has 0 bridgehead atoms. The summed E-state index contributed by atoms with van der Waals surface area (Å²) in [5.74, 6) is -0.620. The van der Waals surface area contributed by atoms with Gasteiger partial charge >= 0.3 is 0 Å². The first kappa shape index (κ1) is 14.2. The summed E-state index contributed by atoms with van der Waals surface area (Å²) in [4.78, 5) is 10.8. The maximum atomic E-state index is 10.8. The molecule has 0 spiro atoms. The number of ether oxygens (including phenoxy) is 1. The number of amides is 1. The summed E-state index contributed by atoms with van der Waals surface area (Å²) >= 11 is 0. The van der Waals surface area contributed by atoms with E-state index in [0.29, 0.717) is 5.56 Å². The van der Waals surface area contributed by atoms with Crippen LogP contribution >= 0.6 is 0 Å². The van der Waals surface area contributed by atoms with Gasteiger partial charge in [0.2, 0.25) is 0 Å². The van der Waals surface area contributed by atoms with Crippen molar-refractivity contribution in [3.05, 3.63) is 42.0 Å². The fourth-order valence-corrected chi connectivity index (χ4v) is 1.39. The molecule has 0 radical (unpaired) electrons. The molecule has 1 rings (SSSR count).